The SMILES string of the molecule is O=C1N[C@H](c2ccc(F)cc2F)Nc2ccccc21. The van der Waals surface area contributed by atoms with Gasteiger partial charge in [0, 0.05) is 17.3 Å². The molecule has 1 atom stereocenters. The van der Waals surface area contributed by atoms with Crippen LogP contribution in [0.2, 0.25) is 0 Å². The van der Waals surface area contributed by atoms with E-state index in [0.29, 0.717) is 11.3 Å². The van der Waals surface area contributed by atoms with Crippen LogP contribution in [0.15, 0.2) is 42.5 Å². The van der Waals surface area contributed by atoms with Crippen molar-refractivity contribution in [2.24, 2.45) is 0 Å². The largest absolute Gasteiger partial charge is 0.361 e. The number of para-hydroxylation sites is 1. The minimum atomic E-state index is -0.706. The van der Waals surface area contributed by atoms with E-state index in [2.05, 4.69) is 10.6 Å². The molecule has 2 aromatic carbocycles. The summed E-state index contributed by atoms with van der Waals surface area (Å²) < 4.78 is 26.6. The molecular weight excluding hydrogens is 250 g/mol. The Kier molecular flexibility index (Phi) is 2.67. The van der Waals surface area contributed by atoms with Crippen LogP contribution < -0.4 is 10.6 Å². The van der Waals surface area contributed by atoms with Gasteiger partial charge in [0.25, 0.3) is 5.91 Å². The standard InChI is InChI=1S/C14H10F2N2O/c15-8-5-6-9(11(16)7-8)13-17-12-4-2-1-3-10(12)14(19)18-13/h1-7,13,17H,(H,18,19)/t13-/m1/s1. The molecule has 0 bridgehead atoms. The summed E-state index contributed by atoms with van der Waals surface area (Å²) in [5.74, 6) is -1.64. The van der Waals surface area contributed by atoms with E-state index in [1.54, 1.807) is 24.3 Å². The minimum Gasteiger partial charge on any atom is -0.361 e. The van der Waals surface area contributed by atoms with Crippen LogP contribution in [0.1, 0.15) is 22.1 Å². The molecule has 0 radical (unpaired) electrons. The summed E-state index contributed by atoms with van der Waals surface area (Å²) in [5, 5.41) is 5.65. The zero-order valence-electron chi connectivity index (χ0n) is 9.78. The third kappa shape index (κ3) is 2.03. The maximum absolute atomic E-state index is 13.7. The molecule has 0 aromatic heterocycles. The van der Waals surface area contributed by atoms with Crippen LogP contribution in [0.3, 0.4) is 0 Å². The lowest BCUT2D eigenvalue weighted by molar-refractivity contribution is 0.0935. The van der Waals surface area contributed by atoms with E-state index in [4.69, 9.17) is 0 Å². The van der Waals surface area contributed by atoms with Gasteiger partial charge in [0.15, 0.2) is 0 Å². The molecule has 96 valence electrons. The number of carbonyl (C=O) groups excluding carboxylic acids is 1. The van der Waals surface area contributed by atoms with Crippen molar-refractivity contribution in [3.63, 3.8) is 0 Å². The molecule has 0 spiro atoms. The van der Waals surface area contributed by atoms with Gasteiger partial charge in [0.05, 0.1) is 5.56 Å². The van der Waals surface area contributed by atoms with Crippen molar-refractivity contribution in [2.75, 3.05) is 5.32 Å². The molecule has 0 aliphatic carbocycles. The topological polar surface area (TPSA) is 41.1 Å². The molecule has 0 saturated heterocycles. The first kappa shape index (κ1) is 11.6. The number of rotatable bonds is 1. The van der Waals surface area contributed by atoms with Gasteiger partial charge in [0.2, 0.25) is 0 Å². The Balaban J connectivity index is 1.99. The van der Waals surface area contributed by atoms with E-state index < -0.39 is 17.8 Å². The monoisotopic (exact) mass is 260 g/mol. The molecule has 3 rings (SSSR count). The molecule has 2 aromatic rings. The molecule has 1 heterocycles. The van der Waals surface area contributed by atoms with E-state index in [-0.39, 0.29) is 11.5 Å². The average Bonchev–Trinajstić information content (AvgIpc) is 2.38. The highest BCUT2D eigenvalue weighted by Crippen LogP contribution is 2.27. The predicted molar refractivity (Wildman–Crippen MR) is 66.6 cm³/mol. The van der Waals surface area contributed by atoms with Crippen LogP contribution >= 0.6 is 0 Å². The Morgan fingerprint density at radius 3 is 2.58 bits per heavy atom. The zero-order chi connectivity index (χ0) is 13.4. The fraction of sp³-hybridized carbons (Fsp3) is 0.0714. The van der Waals surface area contributed by atoms with Gasteiger partial charge in [-0.15, -0.1) is 0 Å². The molecule has 0 saturated carbocycles. The van der Waals surface area contributed by atoms with Crippen molar-refractivity contribution in [1.82, 2.24) is 5.32 Å². The molecule has 0 unspecified atom stereocenters. The third-order valence-electron chi connectivity index (χ3n) is 3.02. The summed E-state index contributed by atoms with van der Waals surface area (Å²) in [6, 6.07) is 10.2. The normalized spacial score (nSPS) is 17.4. The smallest absolute Gasteiger partial charge is 0.255 e. The van der Waals surface area contributed by atoms with Gasteiger partial charge >= 0.3 is 0 Å². The van der Waals surface area contributed by atoms with Crippen molar-refractivity contribution >= 4 is 11.6 Å². The average molecular weight is 260 g/mol. The first-order valence-corrected chi connectivity index (χ1v) is 5.76. The van der Waals surface area contributed by atoms with Crippen LogP contribution in [0.25, 0.3) is 0 Å². The number of carbonyl (C=O) groups is 1. The second kappa shape index (κ2) is 4.35. The fourth-order valence-electron chi connectivity index (χ4n) is 2.10. The van der Waals surface area contributed by atoms with Crippen LogP contribution in [0.5, 0.6) is 0 Å². The molecule has 3 nitrogen and oxygen atoms in total. The number of benzene rings is 2. The van der Waals surface area contributed by atoms with Gasteiger partial charge in [-0.25, -0.2) is 8.78 Å². The highest BCUT2D eigenvalue weighted by atomic mass is 19.1. The van der Waals surface area contributed by atoms with Gasteiger partial charge in [-0.3, -0.25) is 4.79 Å². The summed E-state index contributed by atoms with van der Waals surface area (Å²) in [4.78, 5) is 11.9. The van der Waals surface area contributed by atoms with Crippen molar-refractivity contribution in [1.29, 1.82) is 0 Å². The summed E-state index contributed by atoms with van der Waals surface area (Å²) >= 11 is 0. The zero-order valence-corrected chi connectivity index (χ0v) is 9.78. The fourth-order valence-corrected chi connectivity index (χ4v) is 2.10. The Bertz CT molecular complexity index is 658. The highest BCUT2D eigenvalue weighted by Gasteiger charge is 2.25. The van der Waals surface area contributed by atoms with Crippen LogP contribution in [-0.4, -0.2) is 5.91 Å². The van der Waals surface area contributed by atoms with Gasteiger partial charge < -0.3 is 10.6 Å². The first-order valence-electron chi connectivity index (χ1n) is 5.76. The van der Waals surface area contributed by atoms with Crippen LogP contribution in [-0.2, 0) is 0 Å². The van der Waals surface area contributed by atoms with Crippen molar-refractivity contribution in [2.45, 2.75) is 6.17 Å². The molecule has 1 aliphatic heterocycles. The van der Waals surface area contributed by atoms with E-state index in [9.17, 15) is 13.6 Å². The molecular formula is C14H10F2N2O. The quantitative estimate of drug-likeness (QED) is 0.827. The van der Waals surface area contributed by atoms with E-state index >= 15 is 0 Å². The molecule has 2 N–H and O–H groups in total. The summed E-state index contributed by atoms with van der Waals surface area (Å²) in [6.45, 7) is 0. The summed E-state index contributed by atoms with van der Waals surface area (Å²) in [6.07, 6.45) is -0.706. The molecule has 0 fully saturated rings. The van der Waals surface area contributed by atoms with Gasteiger partial charge in [-0.1, -0.05) is 12.1 Å². The lowest BCUT2D eigenvalue weighted by Gasteiger charge is -2.28. The summed E-state index contributed by atoms with van der Waals surface area (Å²) in [5.41, 5.74) is 1.32. The van der Waals surface area contributed by atoms with Crippen LogP contribution in [0.4, 0.5) is 14.5 Å². The second-order valence-corrected chi connectivity index (χ2v) is 4.26. The van der Waals surface area contributed by atoms with Crippen LogP contribution in [0, 0.1) is 11.6 Å². The first-order chi connectivity index (χ1) is 9.15. The lowest BCUT2D eigenvalue weighted by atomic mass is 10.1. The maximum Gasteiger partial charge on any atom is 0.255 e. The Hall–Kier alpha value is -2.43. The Morgan fingerprint density at radius 1 is 1.00 bits per heavy atom. The van der Waals surface area contributed by atoms with E-state index in [1.807, 2.05) is 0 Å². The summed E-state index contributed by atoms with van der Waals surface area (Å²) in [7, 11) is 0. The van der Waals surface area contributed by atoms with Gasteiger partial charge in [-0.2, -0.15) is 0 Å². The number of hydrogen-bond donors (Lipinski definition) is 2. The third-order valence-corrected chi connectivity index (χ3v) is 3.02. The highest BCUT2D eigenvalue weighted by molar-refractivity contribution is 6.01. The number of anilines is 1. The molecule has 19 heavy (non-hydrogen) atoms. The molecule has 1 amide bonds. The molecule has 1 aliphatic rings. The van der Waals surface area contributed by atoms with Gasteiger partial charge in [0.1, 0.15) is 17.8 Å². The van der Waals surface area contributed by atoms with E-state index in [0.717, 1.165) is 12.1 Å². The number of amides is 1. The van der Waals surface area contributed by atoms with E-state index in [1.165, 1.54) is 6.07 Å². The van der Waals surface area contributed by atoms with Gasteiger partial charge in [-0.05, 0) is 24.3 Å². The molecule has 5 heteroatoms. The lowest BCUT2D eigenvalue weighted by Crippen LogP contribution is -2.38. The Morgan fingerprint density at radius 2 is 1.79 bits per heavy atom. The Labute approximate surface area is 108 Å². The van der Waals surface area contributed by atoms with Crippen molar-refractivity contribution < 1.29 is 13.6 Å². The second-order valence-electron chi connectivity index (χ2n) is 4.26. The van der Waals surface area contributed by atoms with Crippen molar-refractivity contribution in [3.8, 4) is 0 Å². The number of hydrogen-bond acceptors (Lipinski definition) is 2. The minimum absolute atomic E-state index is 0.198. The number of nitrogens with one attached hydrogen (secondary N) is 2. The predicted octanol–water partition coefficient (Wildman–Crippen LogP) is 2.82. The maximum atomic E-state index is 13.7. The number of fused-ring (bicyclic) bond motifs is 1. The number of halogens is 2. The van der Waals surface area contributed by atoms with Crippen molar-refractivity contribution in [3.05, 3.63) is 65.2 Å².